The molecule has 1 unspecified atom stereocenters. The van der Waals surface area contributed by atoms with Gasteiger partial charge >= 0.3 is 0 Å². The van der Waals surface area contributed by atoms with E-state index in [0.717, 1.165) is 12.0 Å². The minimum absolute atomic E-state index is 0.0832. The normalized spacial score (nSPS) is 15.1. The predicted molar refractivity (Wildman–Crippen MR) is 99.7 cm³/mol. The first-order valence-electron chi connectivity index (χ1n) is 8.63. The fourth-order valence-corrected chi connectivity index (χ4v) is 2.99. The van der Waals surface area contributed by atoms with Crippen molar-refractivity contribution < 1.29 is 19.1 Å². The average molecular weight is 370 g/mol. The monoisotopic (exact) mass is 370 g/mol. The highest BCUT2D eigenvalue weighted by Gasteiger charge is 2.23. The van der Waals surface area contributed by atoms with Gasteiger partial charge in [0.2, 0.25) is 5.91 Å². The quantitative estimate of drug-likeness (QED) is 0.745. The first kappa shape index (κ1) is 18.8. The van der Waals surface area contributed by atoms with Crippen LogP contribution < -0.4 is 15.1 Å². The lowest BCUT2D eigenvalue weighted by Gasteiger charge is -2.30. The Labute approximate surface area is 157 Å². The molecule has 0 bridgehead atoms. The standard InChI is InChI=1S/C19H22N4O4/c1-13(12-26-3)19(25)23-5-4-15(9-17(23)20-2)22-6-7-27-16-8-14(11-24)10-21-18(16)22/h4-5,8-11,13H,6-7,12H2,1-3H3/b20-17-. The number of ether oxygens (including phenoxy) is 2. The molecule has 0 saturated carbocycles. The van der Waals surface area contributed by atoms with Gasteiger partial charge in [-0.05, 0) is 12.1 Å². The Kier molecular flexibility index (Phi) is 5.66. The first-order chi connectivity index (χ1) is 13.1. The fourth-order valence-electron chi connectivity index (χ4n) is 2.99. The second-order valence-corrected chi connectivity index (χ2v) is 6.24. The number of carbonyl (C=O) groups excluding carboxylic acids is 2. The Balaban J connectivity index is 1.98. The molecule has 0 amide bonds. The van der Waals surface area contributed by atoms with Crippen LogP contribution in [0.4, 0.5) is 11.5 Å². The lowest BCUT2D eigenvalue weighted by Crippen LogP contribution is -2.34. The molecule has 0 spiro atoms. The fraction of sp³-hybridized carbons (Fsp3) is 0.368. The Hall–Kier alpha value is -3.00. The van der Waals surface area contributed by atoms with Crippen molar-refractivity contribution in [3.8, 4) is 5.75 Å². The summed E-state index contributed by atoms with van der Waals surface area (Å²) in [7, 11) is 3.22. The maximum atomic E-state index is 12.6. The van der Waals surface area contributed by atoms with Crippen LogP contribution in [-0.4, -0.2) is 55.7 Å². The van der Waals surface area contributed by atoms with Crippen LogP contribution in [0.1, 0.15) is 22.1 Å². The maximum Gasteiger partial charge on any atom is 0.237 e. The van der Waals surface area contributed by atoms with E-state index in [1.807, 2.05) is 24.0 Å². The van der Waals surface area contributed by atoms with Gasteiger partial charge in [-0.2, -0.15) is 0 Å². The molecule has 1 aliphatic rings. The maximum absolute atomic E-state index is 12.6. The third-order valence-electron chi connectivity index (χ3n) is 4.35. The lowest BCUT2D eigenvalue weighted by molar-refractivity contribution is 0.0738. The van der Waals surface area contributed by atoms with Gasteiger partial charge in [-0.3, -0.25) is 19.1 Å². The highest BCUT2D eigenvalue weighted by molar-refractivity contribution is 5.81. The van der Waals surface area contributed by atoms with E-state index in [1.165, 1.54) is 10.8 Å². The molecule has 3 heterocycles. The van der Waals surface area contributed by atoms with Crippen LogP contribution in [0.15, 0.2) is 35.6 Å². The number of hydrogen-bond donors (Lipinski definition) is 0. The van der Waals surface area contributed by atoms with Gasteiger partial charge in [-0.25, -0.2) is 4.98 Å². The summed E-state index contributed by atoms with van der Waals surface area (Å²) >= 11 is 0. The molecule has 142 valence electrons. The molecular weight excluding hydrogens is 348 g/mol. The molecule has 0 radical (unpaired) electrons. The summed E-state index contributed by atoms with van der Waals surface area (Å²) in [6.45, 7) is 3.23. The summed E-state index contributed by atoms with van der Waals surface area (Å²) in [6.07, 6.45) is 3.96. The van der Waals surface area contributed by atoms with E-state index in [0.29, 0.717) is 42.4 Å². The first-order valence-corrected chi connectivity index (χ1v) is 8.63. The van der Waals surface area contributed by atoms with Crippen LogP contribution in [0.5, 0.6) is 5.75 Å². The molecule has 0 aliphatic carbocycles. The molecule has 0 N–H and O–H groups in total. The molecule has 0 fully saturated rings. The van der Waals surface area contributed by atoms with Crippen LogP contribution in [0.3, 0.4) is 0 Å². The molecular formula is C19H22N4O4. The topological polar surface area (TPSA) is 86.0 Å². The zero-order valence-electron chi connectivity index (χ0n) is 15.6. The zero-order valence-corrected chi connectivity index (χ0v) is 15.6. The molecule has 27 heavy (non-hydrogen) atoms. The van der Waals surface area contributed by atoms with Crippen molar-refractivity contribution in [2.24, 2.45) is 10.9 Å². The Morgan fingerprint density at radius 2 is 2.30 bits per heavy atom. The van der Waals surface area contributed by atoms with Crippen molar-refractivity contribution >= 4 is 23.7 Å². The summed E-state index contributed by atoms with van der Waals surface area (Å²) in [5, 5.41) is 0. The number of nitrogens with zero attached hydrogens (tertiary/aromatic N) is 4. The highest BCUT2D eigenvalue weighted by atomic mass is 16.5. The van der Waals surface area contributed by atoms with Crippen LogP contribution in [0.25, 0.3) is 0 Å². The number of rotatable bonds is 5. The minimum Gasteiger partial charge on any atom is -0.488 e. The van der Waals surface area contributed by atoms with Gasteiger partial charge in [-0.15, -0.1) is 0 Å². The molecule has 8 heteroatoms. The number of anilines is 2. The van der Waals surface area contributed by atoms with Gasteiger partial charge < -0.3 is 14.4 Å². The third-order valence-corrected chi connectivity index (χ3v) is 4.35. The van der Waals surface area contributed by atoms with Crippen LogP contribution in [0, 0.1) is 5.92 Å². The molecule has 0 saturated heterocycles. The summed E-state index contributed by atoms with van der Waals surface area (Å²) in [4.78, 5) is 34.2. The second kappa shape index (κ2) is 8.13. The SMILES string of the molecule is C/N=c1/cc(N2CCOc3cc(C=O)cnc32)ccn1C(=O)C(C)COC. The summed E-state index contributed by atoms with van der Waals surface area (Å²) in [5.74, 6) is 0.826. The number of aldehydes is 1. The molecule has 2 aromatic rings. The molecule has 3 rings (SSSR count). The van der Waals surface area contributed by atoms with E-state index < -0.39 is 0 Å². The van der Waals surface area contributed by atoms with Crippen LogP contribution >= 0.6 is 0 Å². The number of methoxy groups -OCH3 is 1. The molecule has 0 aromatic carbocycles. The second-order valence-electron chi connectivity index (χ2n) is 6.24. The average Bonchev–Trinajstić information content (AvgIpc) is 2.72. The molecule has 1 aliphatic heterocycles. The molecule has 8 nitrogen and oxygen atoms in total. The van der Waals surface area contributed by atoms with Crippen molar-refractivity contribution in [3.05, 3.63) is 41.6 Å². The van der Waals surface area contributed by atoms with E-state index in [-0.39, 0.29) is 11.8 Å². The number of fused-ring (bicyclic) bond motifs is 1. The van der Waals surface area contributed by atoms with Gasteiger partial charge in [0.15, 0.2) is 17.9 Å². The minimum atomic E-state index is -0.279. The van der Waals surface area contributed by atoms with E-state index in [1.54, 1.807) is 26.4 Å². The summed E-state index contributed by atoms with van der Waals surface area (Å²) in [5.41, 5.74) is 1.84. The number of carbonyl (C=O) groups is 2. The van der Waals surface area contributed by atoms with Gasteiger partial charge in [0, 0.05) is 43.9 Å². The largest absolute Gasteiger partial charge is 0.488 e. The van der Waals surface area contributed by atoms with Crippen molar-refractivity contribution in [1.82, 2.24) is 9.55 Å². The van der Waals surface area contributed by atoms with E-state index in [4.69, 9.17) is 9.47 Å². The van der Waals surface area contributed by atoms with Crippen LogP contribution in [0.2, 0.25) is 0 Å². The van der Waals surface area contributed by atoms with E-state index in [9.17, 15) is 9.59 Å². The molecule has 1 atom stereocenters. The predicted octanol–water partition coefficient (Wildman–Crippen LogP) is 1.68. The summed E-state index contributed by atoms with van der Waals surface area (Å²) in [6, 6.07) is 5.35. The van der Waals surface area contributed by atoms with Crippen molar-refractivity contribution in [3.63, 3.8) is 0 Å². The van der Waals surface area contributed by atoms with Gasteiger partial charge in [0.1, 0.15) is 12.1 Å². The number of hydrogen-bond acceptors (Lipinski definition) is 7. The van der Waals surface area contributed by atoms with Crippen molar-refractivity contribution in [2.45, 2.75) is 6.92 Å². The number of pyridine rings is 2. The highest BCUT2D eigenvalue weighted by Crippen LogP contribution is 2.34. The lowest BCUT2D eigenvalue weighted by atomic mass is 10.2. The Bertz CT molecular complexity index is 922. The van der Waals surface area contributed by atoms with E-state index in [2.05, 4.69) is 9.98 Å². The summed E-state index contributed by atoms with van der Waals surface area (Å²) < 4.78 is 12.2. The van der Waals surface area contributed by atoms with Crippen molar-refractivity contribution in [2.75, 3.05) is 38.8 Å². The van der Waals surface area contributed by atoms with E-state index >= 15 is 0 Å². The van der Waals surface area contributed by atoms with Gasteiger partial charge in [0.05, 0.1) is 19.1 Å². The third kappa shape index (κ3) is 3.75. The Morgan fingerprint density at radius 3 is 3.00 bits per heavy atom. The van der Waals surface area contributed by atoms with Gasteiger partial charge in [0.25, 0.3) is 0 Å². The van der Waals surface area contributed by atoms with Gasteiger partial charge in [-0.1, -0.05) is 6.92 Å². The number of aromatic nitrogens is 2. The smallest absolute Gasteiger partial charge is 0.237 e. The van der Waals surface area contributed by atoms with Crippen LogP contribution in [-0.2, 0) is 4.74 Å². The van der Waals surface area contributed by atoms with Crippen molar-refractivity contribution in [1.29, 1.82) is 0 Å². The zero-order chi connectivity index (χ0) is 19.4. The molecule has 2 aromatic heterocycles. The Morgan fingerprint density at radius 1 is 1.48 bits per heavy atom.